The molecular weight excluding hydrogens is 258 g/mol. The fraction of sp³-hybridized carbons (Fsp3) is 0.0526. The SMILES string of the molecule is C(=Cc1cc[o+]c2ccccc12)CC=Nc1ccccc1. The summed E-state index contributed by atoms with van der Waals surface area (Å²) in [6.45, 7) is 0. The molecule has 3 rings (SSSR count). The van der Waals surface area contributed by atoms with Gasteiger partial charge in [0.15, 0.2) is 0 Å². The Balaban J connectivity index is 1.70. The van der Waals surface area contributed by atoms with Crippen LogP contribution in [0.15, 0.2) is 82.4 Å². The highest BCUT2D eigenvalue weighted by molar-refractivity contribution is 5.86. The van der Waals surface area contributed by atoms with Gasteiger partial charge in [-0.05, 0) is 23.8 Å². The van der Waals surface area contributed by atoms with Gasteiger partial charge in [0.2, 0.25) is 0 Å². The number of fused-ring (bicyclic) bond motifs is 1. The summed E-state index contributed by atoms with van der Waals surface area (Å²) in [7, 11) is 0. The molecule has 3 aromatic rings. The topological polar surface area (TPSA) is 23.7 Å². The van der Waals surface area contributed by atoms with E-state index in [-0.39, 0.29) is 0 Å². The highest BCUT2D eigenvalue weighted by Crippen LogP contribution is 2.19. The van der Waals surface area contributed by atoms with E-state index < -0.39 is 0 Å². The van der Waals surface area contributed by atoms with Gasteiger partial charge in [-0.15, -0.1) is 0 Å². The van der Waals surface area contributed by atoms with Crippen LogP contribution in [-0.2, 0) is 0 Å². The van der Waals surface area contributed by atoms with Crippen molar-refractivity contribution in [3.63, 3.8) is 0 Å². The molecule has 0 aliphatic carbocycles. The minimum absolute atomic E-state index is 0.801. The Morgan fingerprint density at radius 3 is 2.62 bits per heavy atom. The molecule has 0 bridgehead atoms. The molecule has 2 heteroatoms. The largest absolute Gasteiger partial charge is 0.360 e. The molecule has 0 unspecified atom stereocenters. The Kier molecular flexibility index (Phi) is 4.18. The zero-order valence-corrected chi connectivity index (χ0v) is 11.6. The predicted octanol–water partition coefficient (Wildman–Crippen LogP) is 5.52. The Morgan fingerprint density at radius 1 is 0.905 bits per heavy atom. The minimum atomic E-state index is 0.801. The van der Waals surface area contributed by atoms with Gasteiger partial charge in [-0.2, -0.15) is 0 Å². The standard InChI is InChI=1S/C19H16NO/c1-2-9-17(10-3-1)20-14-7-6-8-16-13-15-21-19-12-5-4-11-18(16)19/h1-6,8-15H,7H2/q+1. The fourth-order valence-electron chi connectivity index (χ4n) is 2.15. The predicted molar refractivity (Wildman–Crippen MR) is 88.9 cm³/mol. The van der Waals surface area contributed by atoms with E-state index >= 15 is 0 Å². The van der Waals surface area contributed by atoms with Crippen molar-refractivity contribution in [1.29, 1.82) is 0 Å². The quantitative estimate of drug-likeness (QED) is 0.454. The number of aliphatic imine (C=N–C) groups is 1. The lowest BCUT2D eigenvalue weighted by atomic mass is 10.1. The Hall–Kier alpha value is -2.74. The third kappa shape index (κ3) is 3.42. The summed E-state index contributed by atoms with van der Waals surface area (Å²) in [4.78, 5) is 4.40. The minimum Gasteiger partial charge on any atom is -0.261 e. The molecule has 2 nitrogen and oxygen atoms in total. The van der Waals surface area contributed by atoms with Gasteiger partial charge in [0.25, 0.3) is 0 Å². The lowest BCUT2D eigenvalue weighted by Crippen LogP contribution is -1.77. The van der Waals surface area contributed by atoms with E-state index in [4.69, 9.17) is 4.42 Å². The molecule has 2 aromatic carbocycles. The number of hydrogen-bond acceptors (Lipinski definition) is 1. The molecule has 21 heavy (non-hydrogen) atoms. The lowest BCUT2D eigenvalue weighted by molar-refractivity contribution is 0.603. The number of rotatable bonds is 4. The van der Waals surface area contributed by atoms with Crippen molar-refractivity contribution in [3.8, 4) is 0 Å². The molecule has 0 spiro atoms. The van der Waals surface area contributed by atoms with Crippen LogP contribution in [0.1, 0.15) is 12.0 Å². The van der Waals surface area contributed by atoms with E-state index in [1.807, 2.05) is 60.8 Å². The van der Waals surface area contributed by atoms with E-state index in [9.17, 15) is 0 Å². The maximum absolute atomic E-state index is 5.48. The van der Waals surface area contributed by atoms with Gasteiger partial charge in [-0.3, -0.25) is 4.99 Å². The van der Waals surface area contributed by atoms with Crippen molar-refractivity contribution in [2.45, 2.75) is 6.42 Å². The lowest BCUT2D eigenvalue weighted by Gasteiger charge is -1.93. The van der Waals surface area contributed by atoms with Crippen LogP contribution in [-0.4, -0.2) is 6.21 Å². The molecule has 0 saturated heterocycles. The van der Waals surface area contributed by atoms with Crippen LogP contribution in [0, 0.1) is 0 Å². The van der Waals surface area contributed by atoms with Crippen molar-refractivity contribution in [2.75, 3.05) is 0 Å². The van der Waals surface area contributed by atoms with Gasteiger partial charge in [0.05, 0.1) is 11.1 Å². The first-order valence-corrected chi connectivity index (χ1v) is 6.97. The maximum atomic E-state index is 5.48. The van der Waals surface area contributed by atoms with Crippen LogP contribution >= 0.6 is 0 Å². The third-order valence-corrected chi connectivity index (χ3v) is 3.18. The Bertz CT molecular complexity index is 770. The van der Waals surface area contributed by atoms with Crippen molar-refractivity contribution >= 4 is 28.9 Å². The highest BCUT2D eigenvalue weighted by Gasteiger charge is 2.06. The number of benzene rings is 2. The molecule has 0 saturated carbocycles. The average Bonchev–Trinajstić information content (AvgIpc) is 2.56. The summed E-state index contributed by atoms with van der Waals surface area (Å²) in [5, 5.41) is 1.12. The first kappa shape index (κ1) is 13.3. The fourth-order valence-corrected chi connectivity index (χ4v) is 2.15. The van der Waals surface area contributed by atoms with Crippen LogP contribution in [0.2, 0.25) is 0 Å². The van der Waals surface area contributed by atoms with E-state index in [1.54, 1.807) is 6.26 Å². The summed E-state index contributed by atoms with van der Waals surface area (Å²) in [5.41, 5.74) is 3.04. The molecular formula is C19H16NO+. The zero-order valence-electron chi connectivity index (χ0n) is 11.6. The van der Waals surface area contributed by atoms with Crippen LogP contribution < -0.4 is 0 Å². The maximum Gasteiger partial charge on any atom is 0.360 e. The molecule has 0 amide bonds. The summed E-state index contributed by atoms with van der Waals surface area (Å²) in [6, 6.07) is 20.0. The van der Waals surface area contributed by atoms with Gasteiger partial charge in [0, 0.05) is 24.8 Å². The molecule has 1 aromatic heterocycles. The van der Waals surface area contributed by atoms with Gasteiger partial charge < -0.3 is 0 Å². The number of nitrogens with zero attached hydrogens (tertiary/aromatic N) is 1. The van der Waals surface area contributed by atoms with Crippen molar-refractivity contribution in [1.82, 2.24) is 0 Å². The summed E-state index contributed by atoms with van der Waals surface area (Å²) in [5.74, 6) is 0. The van der Waals surface area contributed by atoms with Gasteiger partial charge in [-0.1, -0.05) is 42.5 Å². The molecule has 0 aliphatic heterocycles. The molecule has 0 aliphatic rings. The van der Waals surface area contributed by atoms with Crippen molar-refractivity contribution in [2.24, 2.45) is 4.99 Å². The van der Waals surface area contributed by atoms with Crippen LogP contribution in [0.5, 0.6) is 0 Å². The Morgan fingerprint density at radius 2 is 1.71 bits per heavy atom. The molecule has 1 heterocycles. The normalized spacial score (nSPS) is 11.6. The zero-order chi connectivity index (χ0) is 14.3. The summed E-state index contributed by atoms with van der Waals surface area (Å²) >= 11 is 0. The molecule has 0 N–H and O–H groups in total. The van der Waals surface area contributed by atoms with Crippen LogP contribution in [0.4, 0.5) is 5.69 Å². The Labute approximate surface area is 124 Å². The van der Waals surface area contributed by atoms with E-state index in [0.29, 0.717) is 0 Å². The van der Waals surface area contributed by atoms with Crippen molar-refractivity contribution in [3.05, 3.63) is 78.6 Å². The number of hydrogen-bond donors (Lipinski definition) is 0. The van der Waals surface area contributed by atoms with Crippen molar-refractivity contribution < 1.29 is 4.42 Å². The van der Waals surface area contributed by atoms with Crippen LogP contribution in [0.3, 0.4) is 0 Å². The number of para-hydroxylation sites is 2. The van der Waals surface area contributed by atoms with E-state index in [0.717, 1.165) is 28.6 Å². The van der Waals surface area contributed by atoms with E-state index in [2.05, 4.69) is 23.2 Å². The van der Waals surface area contributed by atoms with Gasteiger partial charge >= 0.3 is 11.8 Å². The second kappa shape index (κ2) is 6.62. The second-order valence-electron chi connectivity index (χ2n) is 4.66. The second-order valence-corrected chi connectivity index (χ2v) is 4.66. The molecule has 0 fully saturated rings. The average molecular weight is 274 g/mol. The molecule has 0 radical (unpaired) electrons. The van der Waals surface area contributed by atoms with Crippen LogP contribution in [0.25, 0.3) is 17.0 Å². The highest BCUT2D eigenvalue weighted by atomic mass is 16.3. The first-order chi connectivity index (χ1) is 10.4. The third-order valence-electron chi connectivity index (χ3n) is 3.18. The first-order valence-electron chi connectivity index (χ1n) is 6.97. The summed E-state index contributed by atoms with van der Waals surface area (Å²) < 4.78 is 5.48. The summed E-state index contributed by atoms with van der Waals surface area (Å²) in [6.07, 6.45) is 8.65. The molecule has 0 atom stereocenters. The smallest absolute Gasteiger partial charge is 0.261 e. The monoisotopic (exact) mass is 274 g/mol. The van der Waals surface area contributed by atoms with Gasteiger partial charge in [0.1, 0.15) is 0 Å². The number of allylic oxidation sites excluding steroid dienone is 1. The molecule has 102 valence electrons. The van der Waals surface area contributed by atoms with E-state index in [1.165, 1.54) is 0 Å². The van der Waals surface area contributed by atoms with Gasteiger partial charge in [-0.25, -0.2) is 4.42 Å².